The number of rotatable bonds is 5. The van der Waals surface area contributed by atoms with Crippen molar-refractivity contribution in [1.82, 2.24) is 0 Å². The fourth-order valence-electron chi connectivity index (χ4n) is 1.76. The third-order valence-electron chi connectivity index (χ3n) is 2.70. The molecule has 20 heavy (non-hydrogen) atoms. The molecular formula is C16H16BrNO2. The zero-order chi connectivity index (χ0) is 14.4. The Bertz CT molecular complexity index is 599. The van der Waals surface area contributed by atoms with Crippen LogP contribution in [0.1, 0.15) is 12.0 Å². The standard InChI is InChI=1S/C16H16BrNO2/c1-12-5-4-6-13(11-12)20-15-8-3-2-7-14(15)18-16(19)9-10-17/h2-8,11H,9-10H2,1H3,(H,18,19). The lowest BCUT2D eigenvalue weighted by Gasteiger charge is -2.12. The van der Waals surface area contributed by atoms with Crippen LogP contribution in [0.15, 0.2) is 48.5 Å². The quantitative estimate of drug-likeness (QED) is 0.817. The second kappa shape index (κ2) is 7.10. The summed E-state index contributed by atoms with van der Waals surface area (Å²) in [5, 5.41) is 3.49. The van der Waals surface area contributed by atoms with Gasteiger partial charge in [0.2, 0.25) is 5.91 Å². The molecule has 0 radical (unpaired) electrons. The molecule has 1 amide bonds. The molecule has 0 saturated heterocycles. The second-order valence-corrected chi connectivity index (χ2v) is 5.19. The first-order valence-electron chi connectivity index (χ1n) is 6.38. The number of nitrogens with one attached hydrogen (secondary N) is 1. The van der Waals surface area contributed by atoms with E-state index in [0.29, 0.717) is 23.2 Å². The largest absolute Gasteiger partial charge is 0.455 e. The molecule has 2 aromatic carbocycles. The van der Waals surface area contributed by atoms with E-state index in [1.165, 1.54) is 0 Å². The van der Waals surface area contributed by atoms with E-state index in [0.717, 1.165) is 11.3 Å². The Kier molecular flexibility index (Phi) is 5.18. The summed E-state index contributed by atoms with van der Waals surface area (Å²) in [4.78, 5) is 11.7. The van der Waals surface area contributed by atoms with E-state index < -0.39 is 0 Å². The molecule has 0 aliphatic carbocycles. The maximum Gasteiger partial charge on any atom is 0.225 e. The smallest absolute Gasteiger partial charge is 0.225 e. The summed E-state index contributed by atoms with van der Waals surface area (Å²) >= 11 is 3.25. The number of anilines is 1. The fourth-order valence-corrected chi connectivity index (χ4v) is 2.12. The number of benzene rings is 2. The van der Waals surface area contributed by atoms with Crippen LogP contribution in [-0.4, -0.2) is 11.2 Å². The summed E-state index contributed by atoms with van der Waals surface area (Å²) in [6.45, 7) is 2.01. The third kappa shape index (κ3) is 4.10. The van der Waals surface area contributed by atoms with Crippen molar-refractivity contribution in [2.45, 2.75) is 13.3 Å². The Morgan fingerprint density at radius 3 is 2.75 bits per heavy atom. The van der Waals surface area contributed by atoms with Gasteiger partial charge in [0.15, 0.2) is 5.75 Å². The number of hydrogen-bond donors (Lipinski definition) is 1. The number of aryl methyl sites for hydroxylation is 1. The van der Waals surface area contributed by atoms with Gasteiger partial charge in [0.1, 0.15) is 5.75 Å². The van der Waals surface area contributed by atoms with Gasteiger partial charge in [0, 0.05) is 11.8 Å². The number of hydrogen-bond acceptors (Lipinski definition) is 2. The van der Waals surface area contributed by atoms with Crippen LogP contribution in [0.4, 0.5) is 5.69 Å². The number of carbonyl (C=O) groups excluding carboxylic acids is 1. The normalized spacial score (nSPS) is 10.1. The molecule has 0 fully saturated rings. The summed E-state index contributed by atoms with van der Waals surface area (Å²) in [7, 11) is 0. The third-order valence-corrected chi connectivity index (χ3v) is 3.10. The molecule has 1 N–H and O–H groups in total. The molecule has 0 saturated carbocycles. The van der Waals surface area contributed by atoms with Crippen LogP contribution in [0.25, 0.3) is 0 Å². The Morgan fingerprint density at radius 2 is 2.00 bits per heavy atom. The SMILES string of the molecule is Cc1cccc(Oc2ccccc2NC(=O)CCBr)c1. The van der Waals surface area contributed by atoms with Crippen LogP contribution in [0.3, 0.4) is 0 Å². The zero-order valence-electron chi connectivity index (χ0n) is 11.2. The minimum atomic E-state index is -0.0397. The number of halogens is 1. The first-order chi connectivity index (χ1) is 9.69. The van der Waals surface area contributed by atoms with Crippen LogP contribution in [0.5, 0.6) is 11.5 Å². The Labute approximate surface area is 127 Å². The lowest BCUT2D eigenvalue weighted by Crippen LogP contribution is -2.12. The van der Waals surface area contributed by atoms with Gasteiger partial charge in [0.05, 0.1) is 5.69 Å². The van der Waals surface area contributed by atoms with Gasteiger partial charge in [-0.25, -0.2) is 0 Å². The molecule has 0 spiro atoms. The molecule has 104 valence electrons. The highest BCUT2D eigenvalue weighted by molar-refractivity contribution is 9.09. The van der Waals surface area contributed by atoms with Gasteiger partial charge in [-0.1, -0.05) is 40.2 Å². The van der Waals surface area contributed by atoms with Crippen LogP contribution in [0.2, 0.25) is 0 Å². The average Bonchev–Trinajstić information content (AvgIpc) is 2.41. The summed E-state index contributed by atoms with van der Waals surface area (Å²) in [5.74, 6) is 1.36. The second-order valence-electron chi connectivity index (χ2n) is 4.40. The molecule has 0 aliphatic rings. The lowest BCUT2D eigenvalue weighted by molar-refractivity contribution is -0.115. The van der Waals surface area contributed by atoms with Crippen molar-refractivity contribution in [3.8, 4) is 11.5 Å². The van der Waals surface area contributed by atoms with E-state index >= 15 is 0 Å². The molecule has 3 nitrogen and oxygen atoms in total. The number of para-hydroxylation sites is 2. The van der Waals surface area contributed by atoms with Crippen molar-refractivity contribution in [3.05, 3.63) is 54.1 Å². The van der Waals surface area contributed by atoms with E-state index in [1.54, 1.807) is 0 Å². The van der Waals surface area contributed by atoms with Gasteiger partial charge in [0.25, 0.3) is 0 Å². The molecule has 0 unspecified atom stereocenters. The highest BCUT2D eigenvalue weighted by atomic mass is 79.9. The van der Waals surface area contributed by atoms with Crippen LogP contribution in [-0.2, 0) is 4.79 Å². The minimum Gasteiger partial charge on any atom is -0.455 e. The number of amides is 1. The molecule has 0 bridgehead atoms. The van der Waals surface area contributed by atoms with E-state index in [1.807, 2.05) is 55.5 Å². The van der Waals surface area contributed by atoms with Crippen LogP contribution < -0.4 is 10.1 Å². The fraction of sp³-hybridized carbons (Fsp3) is 0.188. The summed E-state index contributed by atoms with van der Waals surface area (Å²) in [6, 6.07) is 15.2. The Morgan fingerprint density at radius 1 is 1.20 bits per heavy atom. The molecule has 0 atom stereocenters. The van der Waals surface area contributed by atoms with Gasteiger partial charge >= 0.3 is 0 Å². The number of alkyl halides is 1. The molecule has 2 aromatic rings. The van der Waals surface area contributed by atoms with Crippen molar-refractivity contribution in [1.29, 1.82) is 0 Å². The van der Waals surface area contributed by atoms with E-state index in [2.05, 4.69) is 21.2 Å². The maximum absolute atomic E-state index is 11.7. The number of ether oxygens (including phenoxy) is 1. The summed E-state index contributed by atoms with van der Waals surface area (Å²) in [6.07, 6.45) is 0.429. The van der Waals surface area contributed by atoms with Crippen molar-refractivity contribution in [2.75, 3.05) is 10.6 Å². The zero-order valence-corrected chi connectivity index (χ0v) is 12.8. The van der Waals surface area contributed by atoms with Gasteiger partial charge in [-0.05, 0) is 36.8 Å². The molecular weight excluding hydrogens is 318 g/mol. The molecule has 0 aromatic heterocycles. The first kappa shape index (κ1) is 14.6. The minimum absolute atomic E-state index is 0.0397. The van der Waals surface area contributed by atoms with Crippen molar-refractivity contribution in [3.63, 3.8) is 0 Å². The van der Waals surface area contributed by atoms with Crippen LogP contribution in [0, 0.1) is 6.92 Å². The molecule has 0 heterocycles. The van der Waals surface area contributed by atoms with Crippen molar-refractivity contribution >= 4 is 27.5 Å². The Balaban J connectivity index is 2.17. The summed E-state index contributed by atoms with van der Waals surface area (Å²) < 4.78 is 5.84. The van der Waals surface area contributed by atoms with E-state index in [4.69, 9.17) is 4.74 Å². The first-order valence-corrected chi connectivity index (χ1v) is 7.50. The van der Waals surface area contributed by atoms with Gasteiger partial charge in [-0.3, -0.25) is 4.79 Å². The molecule has 0 aliphatic heterocycles. The molecule has 2 rings (SSSR count). The maximum atomic E-state index is 11.7. The molecule has 4 heteroatoms. The van der Waals surface area contributed by atoms with Gasteiger partial charge in [-0.15, -0.1) is 0 Å². The predicted octanol–water partition coefficient (Wildman–Crippen LogP) is 4.51. The predicted molar refractivity (Wildman–Crippen MR) is 84.7 cm³/mol. The topological polar surface area (TPSA) is 38.3 Å². The number of carbonyl (C=O) groups is 1. The highest BCUT2D eigenvalue weighted by Gasteiger charge is 2.07. The average molecular weight is 334 g/mol. The van der Waals surface area contributed by atoms with Gasteiger partial charge in [-0.2, -0.15) is 0 Å². The summed E-state index contributed by atoms with van der Waals surface area (Å²) in [5.41, 5.74) is 1.81. The van der Waals surface area contributed by atoms with E-state index in [-0.39, 0.29) is 5.91 Å². The van der Waals surface area contributed by atoms with Crippen LogP contribution >= 0.6 is 15.9 Å². The van der Waals surface area contributed by atoms with Crippen molar-refractivity contribution in [2.24, 2.45) is 0 Å². The monoisotopic (exact) mass is 333 g/mol. The highest BCUT2D eigenvalue weighted by Crippen LogP contribution is 2.29. The van der Waals surface area contributed by atoms with E-state index in [9.17, 15) is 4.79 Å². The van der Waals surface area contributed by atoms with Gasteiger partial charge < -0.3 is 10.1 Å². The van der Waals surface area contributed by atoms with Crippen molar-refractivity contribution < 1.29 is 9.53 Å². The lowest BCUT2D eigenvalue weighted by atomic mass is 10.2. The Hall–Kier alpha value is -1.81.